The van der Waals surface area contributed by atoms with Gasteiger partial charge in [-0.1, -0.05) is 79.0 Å². The van der Waals surface area contributed by atoms with Gasteiger partial charge in [0.1, 0.15) is 11.6 Å². The Balaban J connectivity index is 0.00000142. The molecule has 0 spiro atoms. The number of unbranched alkanes of at least 4 members (excludes halogenated alkanes) is 1. The molecule has 0 atom stereocenters. The molecule has 0 aliphatic rings. The van der Waals surface area contributed by atoms with Crippen molar-refractivity contribution in [3.63, 3.8) is 0 Å². The van der Waals surface area contributed by atoms with Crippen LogP contribution in [0.2, 0.25) is 0 Å². The Morgan fingerprint density at radius 3 is 1.87 bits per heavy atom. The zero-order valence-electron chi connectivity index (χ0n) is 26.3. The standard InChI is InChI=1S/C26H28FNO2.C4H10.C3H8.C2H6/c1-16(2)30-23-9-10-24(18(4)13-23)26(29)28-15-22-14-21(7-6-17(22)3)20-8-11-25(27)19(5)12-20;1-3-4-2;1-3-2;1-2/h6-14,16H,15H2,1-5H3,(H,28,29);3-4H2,1-2H3;3H2,1-2H3;1-2H3. The molecule has 3 aromatic rings. The molecule has 0 radical (unpaired) electrons. The summed E-state index contributed by atoms with van der Waals surface area (Å²) < 4.78 is 19.3. The zero-order chi connectivity index (χ0) is 30.0. The Bertz CT molecular complexity index is 1120. The van der Waals surface area contributed by atoms with Gasteiger partial charge in [-0.05, 0) is 104 Å². The number of hydrogen-bond donors (Lipinski definition) is 1. The van der Waals surface area contributed by atoms with Crippen LogP contribution in [0.1, 0.15) is 107 Å². The third kappa shape index (κ3) is 13.0. The molecule has 0 aliphatic heterocycles. The van der Waals surface area contributed by atoms with Crippen LogP contribution in [0.25, 0.3) is 11.1 Å². The molecule has 0 unspecified atom stereocenters. The Labute approximate surface area is 238 Å². The monoisotopic (exact) mass is 537 g/mol. The van der Waals surface area contributed by atoms with Crippen molar-refractivity contribution in [2.24, 2.45) is 0 Å². The quantitative estimate of drug-likeness (QED) is 0.325. The van der Waals surface area contributed by atoms with E-state index in [2.05, 4.69) is 39.1 Å². The Kier molecular flexibility index (Phi) is 18.3. The first-order valence-corrected chi connectivity index (χ1v) is 14.5. The SMILES string of the molecule is CC.CCC.CCCC.Cc1cc(-c2ccc(C)c(CNC(=O)c3ccc(OC(C)C)cc3C)c2)ccc1F. The van der Waals surface area contributed by atoms with Gasteiger partial charge in [-0.15, -0.1) is 0 Å². The van der Waals surface area contributed by atoms with Crippen LogP contribution in [0.3, 0.4) is 0 Å². The molecule has 0 bridgehead atoms. The van der Waals surface area contributed by atoms with Crippen LogP contribution in [0.15, 0.2) is 54.6 Å². The fraction of sp³-hybridized carbons (Fsp3) is 0.457. The zero-order valence-corrected chi connectivity index (χ0v) is 26.3. The van der Waals surface area contributed by atoms with E-state index in [1.54, 1.807) is 19.1 Å². The van der Waals surface area contributed by atoms with Crippen LogP contribution in [0.4, 0.5) is 4.39 Å². The minimum atomic E-state index is -0.210. The van der Waals surface area contributed by atoms with Gasteiger partial charge >= 0.3 is 0 Å². The van der Waals surface area contributed by atoms with Gasteiger partial charge in [0.05, 0.1) is 6.10 Å². The van der Waals surface area contributed by atoms with Gasteiger partial charge in [0.15, 0.2) is 0 Å². The molecule has 0 fully saturated rings. The normalized spacial score (nSPS) is 9.77. The molecule has 216 valence electrons. The summed E-state index contributed by atoms with van der Waals surface area (Å²) >= 11 is 0. The maximum absolute atomic E-state index is 13.6. The van der Waals surface area contributed by atoms with E-state index in [1.165, 1.54) is 25.3 Å². The molecule has 39 heavy (non-hydrogen) atoms. The van der Waals surface area contributed by atoms with E-state index in [1.807, 2.05) is 71.9 Å². The lowest BCUT2D eigenvalue weighted by Gasteiger charge is -2.14. The fourth-order valence-corrected chi connectivity index (χ4v) is 3.37. The predicted octanol–water partition coefficient (Wildman–Crippen LogP) is 10.4. The number of aryl methyl sites for hydroxylation is 3. The molecule has 3 nitrogen and oxygen atoms in total. The molecule has 0 aliphatic carbocycles. The number of hydrogen-bond acceptors (Lipinski definition) is 2. The second-order valence-corrected chi connectivity index (χ2v) is 9.64. The van der Waals surface area contributed by atoms with Gasteiger partial charge in [-0.25, -0.2) is 4.39 Å². The summed E-state index contributed by atoms with van der Waals surface area (Å²) in [5.74, 6) is 0.432. The van der Waals surface area contributed by atoms with Crippen molar-refractivity contribution in [1.82, 2.24) is 5.32 Å². The summed E-state index contributed by atoms with van der Waals surface area (Å²) in [5.41, 5.74) is 6.20. The molecule has 0 saturated carbocycles. The summed E-state index contributed by atoms with van der Waals surface area (Å²) in [6.45, 7) is 22.7. The van der Waals surface area contributed by atoms with E-state index in [9.17, 15) is 9.18 Å². The Hall–Kier alpha value is -3.14. The summed E-state index contributed by atoms with van der Waals surface area (Å²) in [5, 5.41) is 3.02. The highest BCUT2D eigenvalue weighted by Crippen LogP contribution is 2.25. The molecule has 1 N–H and O–H groups in total. The summed E-state index contributed by atoms with van der Waals surface area (Å²) in [4.78, 5) is 12.7. The van der Waals surface area contributed by atoms with Crippen LogP contribution in [0, 0.1) is 26.6 Å². The third-order valence-corrected chi connectivity index (χ3v) is 5.59. The number of carbonyl (C=O) groups is 1. The van der Waals surface area contributed by atoms with E-state index in [-0.39, 0.29) is 17.8 Å². The maximum Gasteiger partial charge on any atom is 0.251 e. The van der Waals surface area contributed by atoms with Crippen LogP contribution >= 0.6 is 0 Å². The van der Waals surface area contributed by atoms with Gasteiger partial charge in [0.25, 0.3) is 5.91 Å². The van der Waals surface area contributed by atoms with Crippen molar-refractivity contribution in [3.8, 4) is 16.9 Å². The molecular formula is C35H52FNO2. The number of amides is 1. The fourth-order valence-electron chi connectivity index (χ4n) is 3.37. The number of carbonyl (C=O) groups excluding carboxylic acids is 1. The van der Waals surface area contributed by atoms with Gasteiger partial charge in [0, 0.05) is 12.1 Å². The molecule has 3 rings (SSSR count). The van der Waals surface area contributed by atoms with Crippen LogP contribution in [-0.2, 0) is 6.54 Å². The number of benzene rings is 3. The molecule has 0 aromatic heterocycles. The highest BCUT2D eigenvalue weighted by molar-refractivity contribution is 5.95. The first kappa shape index (κ1) is 35.9. The Morgan fingerprint density at radius 2 is 1.36 bits per heavy atom. The van der Waals surface area contributed by atoms with Crippen molar-refractivity contribution in [1.29, 1.82) is 0 Å². The van der Waals surface area contributed by atoms with Crippen LogP contribution < -0.4 is 10.1 Å². The minimum absolute atomic E-state index is 0.0872. The van der Waals surface area contributed by atoms with E-state index in [0.717, 1.165) is 33.6 Å². The van der Waals surface area contributed by atoms with Crippen LogP contribution in [-0.4, -0.2) is 12.0 Å². The largest absolute Gasteiger partial charge is 0.491 e. The topological polar surface area (TPSA) is 38.3 Å². The van der Waals surface area contributed by atoms with Crippen molar-refractivity contribution in [2.45, 2.75) is 108 Å². The number of nitrogens with one attached hydrogen (secondary N) is 1. The number of rotatable bonds is 7. The Morgan fingerprint density at radius 1 is 0.795 bits per heavy atom. The summed E-state index contributed by atoms with van der Waals surface area (Å²) in [6.07, 6.45) is 3.98. The van der Waals surface area contributed by atoms with E-state index in [4.69, 9.17) is 4.74 Å². The smallest absolute Gasteiger partial charge is 0.251 e. The number of ether oxygens (including phenoxy) is 1. The predicted molar refractivity (Wildman–Crippen MR) is 167 cm³/mol. The second kappa shape index (κ2) is 19.9. The lowest BCUT2D eigenvalue weighted by Crippen LogP contribution is -2.24. The first-order valence-electron chi connectivity index (χ1n) is 14.5. The average molecular weight is 538 g/mol. The summed E-state index contributed by atoms with van der Waals surface area (Å²) in [7, 11) is 0. The van der Waals surface area contributed by atoms with Crippen molar-refractivity contribution in [3.05, 3.63) is 88.2 Å². The third-order valence-electron chi connectivity index (χ3n) is 5.59. The number of halogens is 1. The molecular weight excluding hydrogens is 485 g/mol. The minimum Gasteiger partial charge on any atom is -0.491 e. The van der Waals surface area contributed by atoms with Crippen LogP contribution in [0.5, 0.6) is 5.75 Å². The molecule has 0 saturated heterocycles. The van der Waals surface area contributed by atoms with E-state index in [0.29, 0.717) is 17.7 Å². The van der Waals surface area contributed by atoms with E-state index < -0.39 is 0 Å². The molecule has 4 heteroatoms. The summed E-state index contributed by atoms with van der Waals surface area (Å²) in [6, 6.07) is 16.7. The first-order chi connectivity index (χ1) is 18.6. The van der Waals surface area contributed by atoms with Gasteiger partial charge in [-0.3, -0.25) is 4.79 Å². The molecule has 1 amide bonds. The highest BCUT2D eigenvalue weighted by Gasteiger charge is 2.12. The van der Waals surface area contributed by atoms with Crippen molar-refractivity contribution in [2.75, 3.05) is 0 Å². The van der Waals surface area contributed by atoms with Gasteiger partial charge in [-0.2, -0.15) is 0 Å². The van der Waals surface area contributed by atoms with Crippen molar-refractivity contribution >= 4 is 5.91 Å². The van der Waals surface area contributed by atoms with Gasteiger partial charge < -0.3 is 10.1 Å². The maximum atomic E-state index is 13.6. The van der Waals surface area contributed by atoms with Gasteiger partial charge in [0.2, 0.25) is 0 Å². The highest BCUT2D eigenvalue weighted by atomic mass is 19.1. The van der Waals surface area contributed by atoms with E-state index >= 15 is 0 Å². The second-order valence-electron chi connectivity index (χ2n) is 9.64. The lowest BCUT2D eigenvalue weighted by atomic mass is 9.98. The van der Waals surface area contributed by atoms with Crippen molar-refractivity contribution < 1.29 is 13.9 Å². The average Bonchev–Trinajstić information content (AvgIpc) is 2.91. The lowest BCUT2D eigenvalue weighted by molar-refractivity contribution is 0.0950. The molecule has 3 aromatic carbocycles. The molecule has 0 heterocycles.